The largest absolute Gasteiger partial charge is 0.478 e. The van der Waals surface area contributed by atoms with Crippen LogP contribution in [0.15, 0.2) is 42.5 Å². The van der Waals surface area contributed by atoms with E-state index < -0.39 is 41.2 Å². The number of carboxylic acid groups (broad SMARTS) is 1. The molecule has 0 unspecified atom stereocenters. The van der Waals surface area contributed by atoms with Crippen LogP contribution in [0.1, 0.15) is 59.9 Å². The molecule has 0 aromatic heterocycles. The van der Waals surface area contributed by atoms with Crippen molar-refractivity contribution in [1.82, 2.24) is 5.32 Å². The van der Waals surface area contributed by atoms with Gasteiger partial charge in [-0.1, -0.05) is 20.8 Å². The molecule has 1 saturated heterocycles. The Labute approximate surface area is 214 Å². The third-order valence-electron chi connectivity index (χ3n) is 6.26. The summed E-state index contributed by atoms with van der Waals surface area (Å²) in [5.74, 6) is -2.97. The van der Waals surface area contributed by atoms with Crippen LogP contribution < -0.4 is 21.3 Å². The Kier molecular flexibility index (Phi) is 7.97. The van der Waals surface area contributed by atoms with Gasteiger partial charge in [0.25, 0.3) is 5.91 Å². The molecule has 2 atom stereocenters. The van der Waals surface area contributed by atoms with Crippen LogP contribution >= 0.6 is 0 Å². The van der Waals surface area contributed by atoms with Crippen molar-refractivity contribution in [3.63, 3.8) is 0 Å². The van der Waals surface area contributed by atoms with Gasteiger partial charge in [0.1, 0.15) is 11.9 Å². The van der Waals surface area contributed by atoms with Gasteiger partial charge >= 0.3 is 5.97 Å². The molecule has 1 fully saturated rings. The van der Waals surface area contributed by atoms with Crippen LogP contribution in [0, 0.1) is 10.8 Å². The normalized spacial score (nSPS) is 16.3. The minimum Gasteiger partial charge on any atom is -0.478 e. The van der Waals surface area contributed by atoms with Gasteiger partial charge in [-0.3, -0.25) is 24.7 Å². The van der Waals surface area contributed by atoms with E-state index in [1.807, 2.05) is 20.8 Å². The van der Waals surface area contributed by atoms with Crippen LogP contribution in [0.5, 0.6) is 0 Å². The number of benzene rings is 2. The summed E-state index contributed by atoms with van der Waals surface area (Å²) in [5.41, 5.74) is 5.67. The Bertz CT molecular complexity index is 1240. The summed E-state index contributed by atoms with van der Waals surface area (Å²) in [5, 5.41) is 32.4. The molecule has 0 spiro atoms. The number of aromatic carboxylic acids is 1. The first-order valence-corrected chi connectivity index (χ1v) is 11.7. The second kappa shape index (κ2) is 10.8. The van der Waals surface area contributed by atoms with E-state index in [0.717, 1.165) is 11.0 Å². The van der Waals surface area contributed by atoms with Crippen LogP contribution in [0.25, 0.3) is 0 Å². The molecule has 11 heteroatoms. The zero-order chi connectivity index (χ0) is 27.5. The van der Waals surface area contributed by atoms with Crippen molar-refractivity contribution in [1.29, 1.82) is 5.41 Å². The highest BCUT2D eigenvalue weighted by atomic mass is 16.4. The van der Waals surface area contributed by atoms with Crippen molar-refractivity contribution < 1.29 is 29.4 Å². The first-order chi connectivity index (χ1) is 17.3. The number of carboxylic acids is 1. The van der Waals surface area contributed by atoms with Crippen LogP contribution in [0.3, 0.4) is 0 Å². The van der Waals surface area contributed by atoms with Gasteiger partial charge in [0.2, 0.25) is 11.8 Å². The van der Waals surface area contributed by atoms with Gasteiger partial charge in [-0.25, -0.2) is 4.79 Å². The summed E-state index contributed by atoms with van der Waals surface area (Å²) < 4.78 is 0. The van der Waals surface area contributed by atoms with Crippen molar-refractivity contribution in [2.45, 2.75) is 45.7 Å². The summed E-state index contributed by atoms with van der Waals surface area (Å²) in [7, 11) is 0. The Hall–Kier alpha value is -4.25. The molecular weight excluding hydrogens is 478 g/mol. The van der Waals surface area contributed by atoms with Gasteiger partial charge in [0.15, 0.2) is 0 Å². The van der Waals surface area contributed by atoms with Crippen molar-refractivity contribution in [3.05, 3.63) is 59.2 Å². The highest BCUT2D eigenvalue weighted by Crippen LogP contribution is 2.31. The topological polar surface area (TPSA) is 186 Å². The molecule has 196 valence electrons. The number of carbonyl (C=O) groups excluding carboxylic acids is 3. The molecule has 37 heavy (non-hydrogen) atoms. The molecule has 1 heterocycles. The third-order valence-corrected chi connectivity index (χ3v) is 6.26. The Balaban J connectivity index is 1.88. The van der Waals surface area contributed by atoms with Crippen molar-refractivity contribution in [3.8, 4) is 0 Å². The van der Waals surface area contributed by atoms with E-state index in [0.29, 0.717) is 11.3 Å². The average molecular weight is 510 g/mol. The molecule has 0 saturated carbocycles. The number of hydrogen-bond acceptors (Lipinski definition) is 6. The van der Waals surface area contributed by atoms with E-state index in [1.54, 1.807) is 24.3 Å². The summed E-state index contributed by atoms with van der Waals surface area (Å²) in [6, 6.07) is 8.65. The van der Waals surface area contributed by atoms with Gasteiger partial charge in [-0.05, 0) is 54.3 Å². The molecule has 0 aliphatic carbocycles. The lowest BCUT2D eigenvalue weighted by Gasteiger charge is -2.30. The van der Waals surface area contributed by atoms with Crippen molar-refractivity contribution in [2.75, 3.05) is 16.8 Å². The monoisotopic (exact) mass is 509 g/mol. The molecule has 2 aromatic rings. The predicted molar refractivity (Wildman–Crippen MR) is 138 cm³/mol. The number of rotatable bonds is 8. The fourth-order valence-corrected chi connectivity index (χ4v) is 4.03. The third kappa shape index (κ3) is 6.12. The molecule has 0 bridgehead atoms. The number of nitrogens with zero attached hydrogens (tertiary/aromatic N) is 1. The van der Waals surface area contributed by atoms with Crippen molar-refractivity contribution in [2.24, 2.45) is 11.1 Å². The van der Waals surface area contributed by atoms with Crippen molar-refractivity contribution >= 4 is 40.9 Å². The minimum absolute atomic E-state index is 0.00755. The first-order valence-electron chi connectivity index (χ1n) is 11.7. The summed E-state index contributed by atoms with van der Waals surface area (Å²) >= 11 is 0. The Morgan fingerprint density at radius 3 is 2.30 bits per heavy atom. The second-order valence-electron chi connectivity index (χ2n) is 9.91. The number of carbonyl (C=O) groups is 4. The lowest BCUT2D eigenvalue weighted by Crippen LogP contribution is -2.46. The van der Waals surface area contributed by atoms with E-state index in [4.69, 9.17) is 11.1 Å². The van der Waals surface area contributed by atoms with E-state index in [-0.39, 0.29) is 42.1 Å². The van der Waals surface area contributed by atoms with E-state index >= 15 is 0 Å². The lowest BCUT2D eigenvalue weighted by atomic mass is 9.87. The number of hydrogen-bond donors (Lipinski definition) is 6. The van der Waals surface area contributed by atoms with Crippen LogP contribution in [0.4, 0.5) is 11.4 Å². The molecule has 3 amide bonds. The van der Waals surface area contributed by atoms with E-state index in [1.165, 1.54) is 12.1 Å². The molecule has 7 N–H and O–H groups in total. The number of aliphatic hydroxyl groups is 1. The first kappa shape index (κ1) is 27.3. The molecular formula is C26H31N5O6. The smallest absolute Gasteiger partial charge is 0.337 e. The number of aliphatic hydroxyl groups excluding tert-OH is 1. The zero-order valence-electron chi connectivity index (χ0n) is 20.9. The number of anilines is 2. The highest BCUT2D eigenvalue weighted by molar-refractivity contribution is 6.11. The number of nitrogen functional groups attached to an aromatic ring is 1. The quantitative estimate of drug-likeness (QED) is 0.232. The van der Waals surface area contributed by atoms with Crippen LogP contribution in [-0.2, 0) is 9.59 Å². The zero-order valence-corrected chi connectivity index (χ0v) is 20.9. The second-order valence-corrected chi connectivity index (χ2v) is 9.91. The number of amidine groups is 1. The standard InChI is InChI=1S/C26H31N5O6/c1-26(2,3)20(13-32)30-23(34)15-6-9-18(17(12-15)25(36)37)31-19(10-11-21(31)33)24(35)29-16-7-4-14(5-8-16)22(27)28/h4-9,12,19-20,32H,10-11,13H2,1-3H3,(H3,27,28)(H,29,35)(H,30,34)(H,36,37)/t19-,20-/m1/s1. The fraction of sp³-hybridized carbons (Fsp3) is 0.346. The Morgan fingerprint density at radius 1 is 1.14 bits per heavy atom. The maximum absolute atomic E-state index is 13.1. The van der Waals surface area contributed by atoms with Crippen LogP contribution in [0.2, 0.25) is 0 Å². The van der Waals surface area contributed by atoms with Crippen LogP contribution in [-0.4, -0.2) is 58.4 Å². The molecule has 2 aromatic carbocycles. The van der Waals surface area contributed by atoms with Gasteiger partial charge < -0.3 is 26.6 Å². The summed E-state index contributed by atoms with van der Waals surface area (Å²) in [6.45, 7) is 5.25. The minimum atomic E-state index is -1.36. The van der Waals surface area contributed by atoms with Gasteiger partial charge in [-0.15, -0.1) is 0 Å². The van der Waals surface area contributed by atoms with Gasteiger partial charge in [0, 0.05) is 23.2 Å². The number of nitrogens with two attached hydrogens (primary N) is 1. The average Bonchev–Trinajstić information content (AvgIpc) is 3.22. The maximum atomic E-state index is 13.1. The molecule has 1 aliphatic rings. The number of nitrogens with one attached hydrogen (secondary N) is 3. The maximum Gasteiger partial charge on any atom is 0.337 e. The molecule has 11 nitrogen and oxygen atoms in total. The molecule has 1 aliphatic heterocycles. The Morgan fingerprint density at radius 2 is 1.76 bits per heavy atom. The predicted octanol–water partition coefficient (Wildman–Crippen LogP) is 1.94. The molecule has 0 radical (unpaired) electrons. The fourth-order valence-electron chi connectivity index (χ4n) is 4.03. The van der Waals surface area contributed by atoms with Gasteiger partial charge in [-0.2, -0.15) is 0 Å². The lowest BCUT2D eigenvalue weighted by molar-refractivity contribution is -0.120. The molecule has 3 rings (SSSR count). The van der Waals surface area contributed by atoms with E-state index in [9.17, 15) is 29.4 Å². The summed E-state index contributed by atoms with van der Waals surface area (Å²) in [6.07, 6.45) is 0.230. The summed E-state index contributed by atoms with van der Waals surface area (Å²) in [4.78, 5) is 51.9. The van der Waals surface area contributed by atoms with Gasteiger partial charge in [0.05, 0.1) is 23.9 Å². The highest BCUT2D eigenvalue weighted by Gasteiger charge is 2.39. The number of amides is 3. The SMILES string of the molecule is CC(C)(C)[C@@H](CO)NC(=O)c1ccc(N2C(=O)CC[C@@H]2C(=O)Nc2ccc(C(=N)N)cc2)c(C(=O)O)c1. The van der Waals surface area contributed by atoms with E-state index in [2.05, 4.69) is 10.6 Å².